The molecule has 2 rings (SSSR count). The van der Waals surface area contributed by atoms with Gasteiger partial charge in [-0.15, -0.1) is 0 Å². The number of nitrogens with one attached hydrogen (secondary N) is 1. The Morgan fingerprint density at radius 3 is 2.48 bits per heavy atom. The lowest BCUT2D eigenvalue weighted by Crippen LogP contribution is -2.30. The van der Waals surface area contributed by atoms with Gasteiger partial charge in [-0.1, -0.05) is 17.7 Å². The van der Waals surface area contributed by atoms with E-state index in [1.54, 1.807) is 36.4 Å². The first kappa shape index (κ1) is 18.6. The van der Waals surface area contributed by atoms with Crippen LogP contribution in [0.2, 0.25) is 5.02 Å². The van der Waals surface area contributed by atoms with Crippen molar-refractivity contribution in [2.45, 2.75) is 13.0 Å². The van der Waals surface area contributed by atoms with Crippen LogP contribution in [0.4, 0.5) is 5.69 Å². The van der Waals surface area contributed by atoms with Gasteiger partial charge in [0.25, 0.3) is 5.91 Å². The summed E-state index contributed by atoms with van der Waals surface area (Å²) in [7, 11) is 2.94. The summed E-state index contributed by atoms with van der Waals surface area (Å²) in [5.41, 5.74) is 0.716. The minimum Gasteiger partial charge on any atom is -0.497 e. The van der Waals surface area contributed by atoms with Crippen LogP contribution in [0.1, 0.15) is 17.3 Å². The van der Waals surface area contributed by atoms with E-state index in [-0.39, 0.29) is 5.56 Å². The lowest BCUT2D eigenvalue weighted by Gasteiger charge is -2.15. The fourth-order valence-corrected chi connectivity index (χ4v) is 2.25. The minimum absolute atomic E-state index is 0.200. The highest BCUT2D eigenvalue weighted by Gasteiger charge is 2.22. The predicted octanol–water partition coefficient (Wildman–Crippen LogP) is 3.54. The number of benzene rings is 2. The highest BCUT2D eigenvalue weighted by Crippen LogP contribution is 2.25. The third kappa shape index (κ3) is 4.87. The molecule has 2 aromatic carbocycles. The fraction of sp³-hybridized carbons (Fsp3) is 0.222. The van der Waals surface area contributed by atoms with Gasteiger partial charge in [0.2, 0.25) is 0 Å². The number of halogens is 1. The molecule has 0 fully saturated rings. The fourth-order valence-electron chi connectivity index (χ4n) is 2.05. The Morgan fingerprint density at radius 2 is 1.84 bits per heavy atom. The van der Waals surface area contributed by atoms with E-state index in [2.05, 4.69) is 5.32 Å². The molecule has 0 heterocycles. The zero-order chi connectivity index (χ0) is 18.4. The first-order valence-corrected chi connectivity index (χ1v) is 7.82. The van der Waals surface area contributed by atoms with Crippen molar-refractivity contribution in [3.8, 4) is 11.5 Å². The van der Waals surface area contributed by atoms with Crippen molar-refractivity contribution in [3.63, 3.8) is 0 Å². The number of rotatable bonds is 6. The molecule has 0 aromatic heterocycles. The molecule has 0 unspecified atom stereocenters. The summed E-state index contributed by atoms with van der Waals surface area (Å²) in [5.74, 6) is -0.303. The van der Waals surface area contributed by atoms with E-state index >= 15 is 0 Å². The summed E-state index contributed by atoms with van der Waals surface area (Å²) in [5, 5.41) is 3.13. The van der Waals surface area contributed by atoms with Gasteiger partial charge in [-0.3, -0.25) is 4.79 Å². The summed E-state index contributed by atoms with van der Waals surface area (Å²) < 4.78 is 15.5. The molecule has 0 bridgehead atoms. The Balaban J connectivity index is 2.05. The number of carbonyl (C=O) groups is 2. The number of esters is 1. The Hall–Kier alpha value is -2.73. The molecule has 7 heteroatoms. The number of amides is 1. The van der Waals surface area contributed by atoms with Gasteiger partial charge >= 0.3 is 5.97 Å². The number of hydrogen-bond acceptors (Lipinski definition) is 5. The van der Waals surface area contributed by atoms with Gasteiger partial charge in [0.05, 0.1) is 14.2 Å². The van der Waals surface area contributed by atoms with E-state index < -0.39 is 18.0 Å². The van der Waals surface area contributed by atoms with Crippen LogP contribution in [0.15, 0.2) is 42.5 Å². The van der Waals surface area contributed by atoms with E-state index in [9.17, 15) is 9.59 Å². The molecule has 0 aliphatic carbocycles. The van der Waals surface area contributed by atoms with E-state index in [1.165, 1.54) is 27.2 Å². The first-order valence-electron chi connectivity index (χ1n) is 7.44. The summed E-state index contributed by atoms with van der Waals surface area (Å²) in [6, 6.07) is 11.4. The molecule has 25 heavy (non-hydrogen) atoms. The van der Waals surface area contributed by atoms with Crippen molar-refractivity contribution < 1.29 is 23.8 Å². The van der Waals surface area contributed by atoms with Crippen LogP contribution in [0.5, 0.6) is 11.5 Å². The summed E-state index contributed by atoms with van der Waals surface area (Å²) in [6.07, 6.45) is -1.00. The second-order valence-electron chi connectivity index (χ2n) is 5.11. The van der Waals surface area contributed by atoms with Crippen molar-refractivity contribution in [2.24, 2.45) is 0 Å². The first-order chi connectivity index (χ1) is 11.9. The van der Waals surface area contributed by atoms with Crippen LogP contribution >= 0.6 is 11.6 Å². The summed E-state index contributed by atoms with van der Waals surface area (Å²) in [4.78, 5) is 24.5. The smallest absolute Gasteiger partial charge is 0.342 e. The van der Waals surface area contributed by atoms with Crippen LogP contribution in [-0.2, 0) is 9.53 Å². The molecule has 2 aromatic rings. The zero-order valence-electron chi connectivity index (χ0n) is 14.0. The topological polar surface area (TPSA) is 73.9 Å². The number of anilines is 1. The van der Waals surface area contributed by atoms with E-state index in [4.69, 9.17) is 25.8 Å². The minimum atomic E-state index is -1.00. The van der Waals surface area contributed by atoms with Gasteiger partial charge in [-0.2, -0.15) is 0 Å². The molecule has 0 aliphatic heterocycles. The van der Waals surface area contributed by atoms with Crippen molar-refractivity contribution in [1.82, 2.24) is 0 Å². The van der Waals surface area contributed by atoms with E-state index in [0.29, 0.717) is 22.2 Å². The molecule has 0 saturated carbocycles. The molecule has 0 aliphatic rings. The van der Waals surface area contributed by atoms with Gasteiger partial charge in [-0.25, -0.2) is 4.79 Å². The molecule has 6 nitrogen and oxygen atoms in total. The van der Waals surface area contributed by atoms with Crippen LogP contribution in [0.3, 0.4) is 0 Å². The second kappa shape index (κ2) is 8.39. The van der Waals surface area contributed by atoms with Crippen LogP contribution in [-0.4, -0.2) is 32.2 Å². The van der Waals surface area contributed by atoms with Gasteiger partial charge < -0.3 is 19.5 Å². The zero-order valence-corrected chi connectivity index (χ0v) is 14.8. The third-order valence-electron chi connectivity index (χ3n) is 3.37. The van der Waals surface area contributed by atoms with Gasteiger partial charge in [-0.05, 0) is 37.3 Å². The van der Waals surface area contributed by atoms with E-state index in [1.807, 2.05) is 0 Å². The Morgan fingerprint density at radius 1 is 1.08 bits per heavy atom. The summed E-state index contributed by atoms with van der Waals surface area (Å²) in [6.45, 7) is 1.48. The van der Waals surface area contributed by atoms with Gasteiger partial charge in [0.15, 0.2) is 6.10 Å². The highest BCUT2D eigenvalue weighted by atomic mass is 35.5. The average molecular weight is 364 g/mol. The Kier molecular flexibility index (Phi) is 6.25. The maximum Gasteiger partial charge on any atom is 0.342 e. The molecule has 1 N–H and O–H groups in total. The molecular weight excluding hydrogens is 346 g/mol. The van der Waals surface area contributed by atoms with Crippen LogP contribution in [0.25, 0.3) is 0 Å². The SMILES string of the molecule is COc1ccc(C(=O)O[C@H](C)C(=O)Nc2cccc(Cl)c2)c(OC)c1. The molecular formula is C18H18ClNO5. The molecule has 1 atom stereocenters. The Bertz CT molecular complexity index is 778. The monoisotopic (exact) mass is 363 g/mol. The van der Waals surface area contributed by atoms with Crippen molar-refractivity contribution in [3.05, 3.63) is 53.1 Å². The molecule has 0 spiro atoms. The molecule has 1 amide bonds. The molecule has 0 radical (unpaired) electrons. The number of carbonyl (C=O) groups excluding carboxylic acids is 2. The molecule has 132 valence electrons. The average Bonchev–Trinajstić information content (AvgIpc) is 2.60. The van der Waals surface area contributed by atoms with Crippen LogP contribution < -0.4 is 14.8 Å². The predicted molar refractivity (Wildman–Crippen MR) is 94.5 cm³/mol. The lowest BCUT2D eigenvalue weighted by atomic mass is 10.2. The lowest BCUT2D eigenvalue weighted by molar-refractivity contribution is -0.123. The standard InChI is InChI=1S/C18H18ClNO5/c1-11(17(21)20-13-6-4-5-12(19)9-13)25-18(22)15-8-7-14(23-2)10-16(15)24-3/h4-11H,1-3H3,(H,20,21)/t11-/m1/s1. The van der Waals surface area contributed by atoms with Crippen molar-refractivity contribution in [2.75, 3.05) is 19.5 Å². The largest absolute Gasteiger partial charge is 0.497 e. The summed E-state index contributed by atoms with van der Waals surface area (Å²) >= 11 is 5.87. The van der Waals surface area contributed by atoms with Gasteiger partial charge in [0.1, 0.15) is 17.1 Å². The number of hydrogen-bond donors (Lipinski definition) is 1. The number of methoxy groups -OCH3 is 2. The van der Waals surface area contributed by atoms with Crippen molar-refractivity contribution >= 4 is 29.2 Å². The number of ether oxygens (including phenoxy) is 3. The second-order valence-corrected chi connectivity index (χ2v) is 5.55. The normalized spacial score (nSPS) is 11.4. The highest BCUT2D eigenvalue weighted by molar-refractivity contribution is 6.30. The van der Waals surface area contributed by atoms with Gasteiger partial charge in [0, 0.05) is 16.8 Å². The maximum atomic E-state index is 12.3. The van der Waals surface area contributed by atoms with Crippen molar-refractivity contribution in [1.29, 1.82) is 0 Å². The maximum absolute atomic E-state index is 12.3. The molecule has 0 saturated heterocycles. The van der Waals surface area contributed by atoms with E-state index in [0.717, 1.165) is 0 Å². The Labute approximate surface area is 150 Å². The quantitative estimate of drug-likeness (QED) is 0.794. The third-order valence-corrected chi connectivity index (χ3v) is 3.61. The van der Waals surface area contributed by atoms with Crippen LogP contribution in [0, 0.1) is 0 Å².